The minimum Gasteiger partial charge on any atom is -0.508 e. The molecule has 23 heavy (non-hydrogen) atoms. The molecule has 2 aromatic carbocycles. The molecule has 0 aromatic heterocycles. The molecular weight excluding hydrogens is 294 g/mol. The SMILES string of the molecule is Cc1ccccc1NCC(=O)NN=Cc1c(C)cc(O)cc1O. The highest BCUT2D eigenvalue weighted by molar-refractivity contribution is 5.87. The van der Waals surface area contributed by atoms with Crippen LogP contribution in [0, 0.1) is 13.8 Å². The summed E-state index contributed by atoms with van der Waals surface area (Å²) in [6.07, 6.45) is 1.34. The highest BCUT2D eigenvalue weighted by atomic mass is 16.3. The van der Waals surface area contributed by atoms with Gasteiger partial charge in [0.2, 0.25) is 0 Å². The topological polar surface area (TPSA) is 94.0 Å². The smallest absolute Gasteiger partial charge is 0.259 e. The number of para-hydroxylation sites is 1. The number of nitrogens with zero attached hydrogens (tertiary/aromatic N) is 1. The number of phenols is 2. The van der Waals surface area contributed by atoms with E-state index in [9.17, 15) is 15.0 Å². The van der Waals surface area contributed by atoms with Crippen molar-refractivity contribution in [1.82, 2.24) is 5.43 Å². The molecular formula is C17H19N3O3. The maximum absolute atomic E-state index is 11.8. The fourth-order valence-electron chi connectivity index (χ4n) is 2.08. The molecule has 0 aliphatic heterocycles. The molecule has 2 rings (SSSR count). The van der Waals surface area contributed by atoms with Gasteiger partial charge in [0.1, 0.15) is 11.5 Å². The number of phenolic OH excluding ortho intramolecular Hbond substituents is 2. The monoisotopic (exact) mass is 313 g/mol. The molecule has 0 aliphatic rings. The zero-order chi connectivity index (χ0) is 16.8. The molecule has 120 valence electrons. The van der Waals surface area contributed by atoms with Gasteiger partial charge in [-0.3, -0.25) is 4.79 Å². The van der Waals surface area contributed by atoms with Crippen molar-refractivity contribution in [3.05, 3.63) is 53.1 Å². The normalized spacial score (nSPS) is 10.7. The standard InChI is InChI=1S/C17H19N3O3/c1-11-5-3-4-6-15(11)18-10-17(23)20-19-9-14-12(2)7-13(21)8-16(14)22/h3-9,18,21-22H,10H2,1-2H3,(H,20,23). The number of aryl methyl sites for hydroxylation is 2. The van der Waals surface area contributed by atoms with Crippen LogP contribution >= 0.6 is 0 Å². The van der Waals surface area contributed by atoms with E-state index in [-0.39, 0.29) is 24.0 Å². The van der Waals surface area contributed by atoms with Crippen LogP contribution in [0.5, 0.6) is 11.5 Å². The zero-order valence-corrected chi connectivity index (χ0v) is 13.0. The lowest BCUT2D eigenvalue weighted by molar-refractivity contribution is -0.119. The van der Waals surface area contributed by atoms with Crippen LogP contribution in [0.2, 0.25) is 0 Å². The Bertz CT molecular complexity index is 719. The summed E-state index contributed by atoms with van der Waals surface area (Å²) in [4.78, 5) is 11.8. The van der Waals surface area contributed by atoms with E-state index in [1.807, 2.05) is 31.2 Å². The number of carbonyl (C=O) groups is 1. The maximum Gasteiger partial charge on any atom is 0.259 e. The lowest BCUT2D eigenvalue weighted by atomic mass is 10.1. The number of hydrazone groups is 1. The fraction of sp³-hybridized carbons (Fsp3) is 0.176. The Balaban J connectivity index is 1.91. The average molecular weight is 313 g/mol. The highest BCUT2D eigenvalue weighted by Gasteiger charge is 2.05. The molecule has 6 nitrogen and oxygen atoms in total. The fourth-order valence-corrected chi connectivity index (χ4v) is 2.08. The summed E-state index contributed by atoms with van der Waals surface area (Å²) in [5.41, 5.74) is 5.41. The summed E-state index contributed by atoms with van der Waals surface area (Å²) in [5.74, 6) is -0.428. The molecule has 6 heteroatoms. The Morgan fingerprint density at radius 3 is 2.61 bits per heavy atom. The number of benzene rings is 2. The number of hydrogen-bond acceptors (Lipinski definition) is 5. The molecule has 0 fully saturated rings. The third-order valence-electron chi connectivity index (χ3n) is 3.32. The van der Waals surface area contributed by atoms with E-state index in [1.165, 1.54) is 18.3 Å². The van der Waals surface area contributed by atoms with Crippen molar-refractivity contribution in [1.29, 1.82) is 0 Å². The Labute approximate surface area is 134 Å². The lowest BCUT2D eigenvalue weighted by Crippen LogP contribution is -2.26. The largest absolute Gasteiger partial charge is 0.508 e. The molecule has 0 unspecified atom stereocenters. The van der Waals surface area contributed by atoms with Crippen LogP contribution in [0.4, 0.5) is 5.69 Å². The second-order valence-electron chi connectivity index (χ2n) is 5.16. The number of anilines is 1. The van der Waals surface area contributed by atoms with Crippen molar-refractivity contribution >= 4 is 17.8 Å². The van der Waals surface area contributed by atoms with Crippen LogP contribution in [0.3, 0.4) is 0 Å². The summed E-state index contributed by atoms with van der Waals surface area (Å²) in [6.45, 7) is 3.76. The Kier molecular flexibility index (Phi) is 5.19. The van der Waals surface area contributed by atoms with Gasteiger partial charge in [-0.15, -0.1) is 0 Å². The molecule has 1 amide bonds. The molecule has 0 radical (unpaired) electrons. The molecule has 4 N–H and O–H groups in total. The number of nitrogens with one attached hydrogen (secondary N) is 2. The van der Waals surface area contributed by atoms with Gasteiger partial charge in [-0.1, -0.05) is 18.2 Å². The number of rotatable bonds is 5. The first-order chi connectivity index (χ1) is 11.0. The van der Waals surface area contributed by atoms with Gasteiger partial charge in [-0.2, -0.15) is 5.10 Å². The second kappa shape index (κ2) is 7.31. The quantitative estimate of drug-likeness (QED) is 0.503. The van der Waals surface area contributed by atoms with Gasteiger partial charge in [-0.25, -0.2) is 5.43 Å². The van der Waals surface area contributed by atoms with Crippen molar-refractivity contribution in [2.45, 2.75) is 13.8 Å². The van der Waals surface area contributed by atoms with Gasteiger partial charge >= 0.3 is 0 Å². The lowest BCUT2D eigenvalue weighted by Gasteiger charge is -2.08. The average Bonchev–Trinajstić information content (AvgIpc) is 2.49. The summed E-state index contributed by atoms with van der Waals surface area (Å²) in [6, 6.07) is 10.4. The molecule has 2 aromatic rings. The van der Waals surface area contributed by atoms with Gasteiger partial charge < -0.3 is 15.5 Å². The minimum atomic E-state index is -0.305. The van der Waals surface area contributed by atoms with Crippen molar-refractivity contribution in [3.63, 3.8) is 0 Å². The highest BCUT2D eigenvalue weighted by Crippen LogP contribution is 2.24. The summed E-state index contributed by atoms with van der Waals surface area (Å²) in [7, 11) is 0. The van der Waals surface area contributed by atoms with Crippen LogP contribution in [0.15, 0.2) is 41.5 Å². The van der Waals surface area contributed by atoms with E-state index in [4.69, 9.17) is 0 Å². The third kappa shape index (κ3) is 4.47. The van der Waals surface area contributed by atoms with Crippen LogP contribution in [0.25, 0.3) is 0 Å². The van der Waals surface area contributed by atoms with E-state index in [2.05, 4.69) is 15.8 Å². The third-order valence-corrected chi connectivity index (χ3v) is 3.32. The van der Waals surface area contributed by atoms with E-state index >= 15 is 0 Å². The number of carbonyl (C=O) groups excluding carboxylic acids is 1. The van der Waals surface area contributed by atoms with E-state index in [1.54, 1.807) is 6.92 Å². The van der Waals surface area contributed by atoms with Crippen LogP contribution in [-0.2, 0) is 4.79 Å². The zero-order valence-electron chi connectivity index (χ0n) is 13.0. The summed E-state index contributed by atoms with van der Waals surface area (Å²) >= 11 is 0. The van der Waals surface area contributed by atoms with Gasteiger partial charge in [0.05, 0.1) is 12.8 Å². The summed E-state index contributed by atoms with van der Waals surface area (Å²) < 4.78 is 0. The summed E-state index contributed by atoms with van der Waals surface area (Å²) in [5, 5.41) is 25.9. The molecule has 0 atom stereocenters. The van der Waals surface area contributed by atoms with Crippen LogP contribution in [-0.4, -0.2) is 28.9 Å². The van der Waals surface area contributed by atoms with Gasteiger partial charge in [0.25, 0.3) is 5.91 Å². The number of aromatic hydroxyl groups is 2. The van der Waals surface area contributed by atoms with E-state index < -0.39 is 0 Å². The Morgan fingerprint density at radius 2 is 1.91 bits per heavy atom. The number of hydrogen-bond donors (Lipinski definition) is 4. The second-order valence-corrected chi connectivity index (χ2v) is 5.16. The van der Waals surface area contributed by atoms with Crippen molar-refractivity contribution in [2.75, 3.05) is 11.9 Å². The Hall–Kier alpha value is -3.02. The molecule has 0 aliphatic carbocycles. The number of amides is 1. The van der Waals surface area contributed by atoms with E-state index in [0.29, 0.717) is 11.1 Å². The molecule has 0 saturated heterocycles. The molecule has 0 heterocycles. The van der Waals surface area contributed by atoms with Crippen LogP contribution in [0.1, 0.15) is 16.7 Å². The Morgan fingerprint density at radius 1 is 1.17 bits per heavy atom. The van der Waals surface area contributed by atoms with Crippen molar-refractivity contribution in [2.24, 2.45) is 5.10 Å². The van der Waals surface area contributed by atoms with Gasteiger partial charge in [-0.05, 0) is 37.1 Å². The predicted octanol–water partition coefficient (Wildman–Crippen LogP) is 2.28. The van der Waals surface area contributed by atoms with Gasteiger partial charge in [0.15, 0.2) is 0 Å². The first kappa shape index (κ1) is 16.4. The van der Waals surface area contributed by atoms with Crippen molar-refractivity contribution in [3.8, 4) is 11.5 Å². The van der Waals surface area contributed by atoms with Crippen LogP contribution < -0.4 is 10.7 Å². The van der Waals surface area contributed by atoms with Gasteiger partial charge in [0, 0.05) is 17.3 Å². The van der Waals surface area contributed by atoms with Crippen molar-refractivity contribution < 1.29 is 15.0 Å². The molecule has 0 bridgehead atoms. The predicted molar refractivity (Wildman–Crippen MR) is 89.9 cm³/mol. The molecule has 0 saturated carbocycles. The van der Waals surface area contributed by atoms with E-state index in [0.717, 1.165) is 11.3 Å². The first-order valence-electron chi connectivity index (χ1n) is 7.11. The maximum atomic E-state index is 11.8. The first-order valence-corrected chi connectivity index (χ1v) is 7.11. The minimum absolute atomic E-state index is 0.0244. The molecule has 0 spiro atoms.